The van der Waals surface area contributed by atoms with Gasteiger partial charge in [0.1, 0.15) is 12.4 Å². The lowest BCUT2D eigenvalue weighted by molar-refractivity contribution is -0.0213. The summed E-state index contributed by atoms with van der Waals surface area (Å²) < 4.78 is 5.75. The summed E-state index contributed by atoms with van der Waals surface area (Å²) in [5.41, 5.74) is 0.935. The average molecular weight is 327 g/mol. The molecule has 0 atom stereocenters. The molecule has 3 rings (SSSR count). The number of ether oxygens (including phenoxy) is 1. The number of piperidine rings is 1. The number of likely N-dealkylation sites (tertiary alicyclic amines) is 1. The van der Waals surface area contributed by atoms with Crippen molar-refractivity contribution in [3.63, 3.8) is 0 Å². The van der Waals surface area contributed by atoms with Crippen LogP contribution < -0.4 is 4.74 Å². The summed E-state index contributed by atoms with van der Waals surface area (Å²) in [6.45, 7) is 1.19. The van der Waals surface area contributed by atoms with E-state index in [1.54, 1.807) is 0 Å². The maximum atomic E-state index is 11.0. The van der Waals surface area contributed by atoms with Gasteiger partial charge < -0.3 is 19.8 Å². The number of aliphatic hydroxyl groups is 1. The Balaban J connectivity index is 1.61. The van der Waals surface area contributed by atoms with Gasteiger partial charge in [-0.1, -0.05) is 42.5 Å². The second kappa shape index (κ2) is 6.93. The second-order valence-electron chi connectivity index (χ2n) is 6.10. The molecule has 5 nitrogen and oxygen atoms in total. The summed E-state index contributed by atoms with van der Waals surface area (Å²) in [6.07, 6.45) is -0.116. The van der Waals surface area contributed by atoms with Crippen LogP contribution >= 0.6 is 0 Å². The average Bonchev–Trinajstić information content (AvgIpc) is 2.61. The Morgan fingerprint density at radius 3 is 2.25 bits per heavy atom. The predicted molar refractivity (Wildman–Crippen MR) is 89.9 cm³/mol. The fourth-order valence-electron chi connectivity index (χ4n) is 2.96. The van der Waals surface area contributed by atoms with Crippen LogP contribution in [0.1, 0.15) is 24.0 Å². The van der Waals surface area contributed by atoms with E-state index in [2.05, 4.69) is 0 Å². The summed E-state index contributed by atoms with van der Waals surface area (Å²) in [7, 11) is 0. The SMILES string of the molecule is O=C(O)N1CCC(O)(c2ccc(OCc3ccccc3)cc2)CC1. The van der Waals surface area contributed by atoms with Gasteiger partial charge in [0, 0.05) is 13.1 Å². The van der Waals surface area contributed by atoms with Crippen molar-refractivity contribution in [2.45, 2.75) is 25.0 Å². The topological polar surface area (TPSA) is 70.0 Å². The van der Waals surface area contributed by atoms with Crippen LogP contribution in [0.25, 0.3) is 0 Å². The van der Waals surface area contributed by atoms with Crippen LogP contribution in [-0.2, 0) is 12.2 Å². The van der Waals surface area contributed by atoms with E-state index in [0.29, 0.717) is 32.5 Å². The third-order valence-corrected chi connectivity index (χ3v) is 4.50. The predicted octanol–water partition coefficient (Wildman–Crippen LogP) is 3.23. The molecular weight excluding hydrogens is 306 g/mol. The zero-order valence-electron chi connectivity index (χ0n) is 13.4. The van der Waals surface area contributed by atoms with Gasteiger partial charge >= 0.3 is 6.09 Å². The number of carboxylic acid groups (broad SMARTS) is 1. The first kappa shape index (κ1) is 16.3. The van der Waals surface area contributed by atoms with Crippen molar-refractivity contribution in [1.82, 2.24) is 4.90 Å². The molecular formula is C19H21NO4. The van der Waals surface area contributed by atoms with E-state index < -0.39 is 11.7 Å². The van der Waals surface area contributed by atoms with Crippen LogP contribution in [0.5, 0.6) is 5.75 Å². The van der Waals surface area contributed by atoms with Crippen LogP contribution in [0.3, 0.4) is 0 Å². The Labute approximate surface area is 141 Å². The Hall–Kier alpha value is -2.53. The highest BCUT2D eigenvalue weighted by Gasteiger charge is 2.35. The summed E-state index contributed by atoms with van der Waals surface area (Å²) in [5.74, 6) is 0.745. The molecule has 126 valence electrons. The highest BCUT2D eigenvalue weighted by atomic mass is 16.5. The number of hydrogen-bond donors (Lipinski definition) is 2. The van der Waals surface area contributed by atoms with Gasteiger partial charge in [0.05, 0.1) is 5.60 Å². The molecule has 1 fully saturated rings. The van der Waals surface area contributed by atoms with Gasteiger partial charge in [0.2, 0.25) is 0 Å². The minimum atomic E-state index is -0.968. The Morgan fingerprint density at radius 1 is 1.04 bits per heavy atom. The van der Waals surface area contributed by atoms with Crippen LogP contribution in [0.15, 0.2) is 54.6 Å². The van der Waals surface area contributed by atoms with Gasteiger partial charge in [-0.3, -0.25) is 0 Å². The molecule has 2 aromatic rings. The van der Waals surface area contributed by atoms with E-state index in [-0.39, 0.29) is 0 Å². The van der Waals surface area contributed by atoms with E-state index in [4.69, 9.17) is 9.84 Å². The number of hydrogen-bond acceptors (Lipinski definition) is 3. The molecule has 2 N–H and O–H groups in total. The van der Waals surface area contributed by atoms with Gasteiger partial charge in [0.15, 0.2) is 0 Å². The van der Waals surface area contributed by atoms with Crippen LogP contribution in [0.2, 0.25) is 0 Å². The summed E-state index contributed by atoms with van der Waals surface area (Å²) in [4.78, 5) is 12.3. The normalized spacial score (nSPS) is 16.6. The van der Waals surface area contributed by atoms with Gasteiger partial charge in [-0.05, 0) is 36.1 Å². The smallest absolute Gasteiger partial charge is 0.407 e. The van der Waals surface area contributed by atoms with Crippen molar-refractivity contribution < 1.29 is 19.7 Å². The minimum absolute atomic E-state index is 0.345. The zero-order chi connectivity index (χ0) is 17.0. The maximum Gasteiger partial charge on any atom is 0.407 e. The fourth-order valence-corrected chi connectivity index (χ4v) is 2.96. The Bertz CT molecular complexity index is 676. The van der Waals surface area contributed by atoms with Crippen molar-refractivity contribution in [3.05, 3.63) is 65.7 Å². The van der Waals surface area contributed by atoms with Crippen molar-refractivity contribution >= 4 is 6.09 Å². The third-order valence-electron chi connectivity index (χ3n) is 4.50. The minimum Gasteiger partial charge on any atom is -0.489 e. The third kappa shape index (κ3) is 3.68. The highest BCUT2D eigenvalue weighted by molar-refractivity contribution is 5.65. The largest absolute Gasteiger partial charge is 0.489 e. The first-order chi connectivity index (χ1) is 11.6. The number of benzene rings is 2. The maximum absolute atomic E-state index is 11.0. The van der Waals surface area contributed by atoms with Crippen molar-refractivity contribution in [1.29, 1.82) is 0 Å². The molecule has 1 saturated heterocycles. The second-order valence-corrected chi connectivity index (χ2v) is 6.10. The number of carbonyl (C=O) groups is 1. The number of amides is 1. The highest BCUT2D eigenvalue weighted by Crippen LogP contribution is 2.33. The Morgan fingerprint density at radius 2 is 1.67 bits per heavy atom. The molecule has 2 aromatic carbocycles. The molecule has 0 spiro atoms. The molecule has 1 aliphatic heterocycles. The first-order valence-corrected chi connectivity index (χ1v) is 8.04. The van der Waals surface area contributed by atoms with Gasteiger partial charge in [-0.25, -0.2) is 4.79 Å². The lowest BCUT2D eigenvalue weighted by Crippen LogP contribution is -2.44. The summed E-state index contributed by atoms with van der Waals surface area (Å²) in [5, 5.41) is 19.8. The zero-order valence-corrected chi connectivity index (χ0v) is 13.4. The monoisotopic (exact) mass is 327 g/mol. The van der Waals surface area contributed by atoms with Crippen molar-refractivity contribution in [2.24, 2.45) is 0 Å². The van der Waals surface area contributed by atoms with Gasteiger partial charge in [-0.15, -0.1) is 0 Å². The number of rotatable bonds is 4. The molecule has 5 heteroatoms. The van der Waals surface area contributed by atoms with Crippen molar-refractivity contribution in [3.8, 4) is 5.75 Å². The van der Waals surface area contributed by atoms with E-state index in [0.717, 1.165) is 16.9 Å². The van der Waals surface area contributed by atoms with Crippen molar-refractivity contribution in [2.75, 3.05) is 13.1 Å². The first-order valence-electron chi connectivity index (χ1n) is 8.04. The molecule has 0 aromatic heterocycles. The summed E-state index contributed by atoms with van der Waals surface area (Å²) in [6, 6.07) is 17.3. The quantitative estimate of drug-likeness (QED) is 0.904. The standard InChI is InChI=1S/C19H21NO4/c21-18(22)20-12-10-19(23,11-13-20)16-6-8-17(9-7-16)24-14-15-4-2-1-3-5-15/h1-9,23H,10-14H2,(H,21,22). The fraction of sp³-hybridized carbons (Fsp3) is 0.316. The summed E-state index contributed by atoms with van der Waals surface area (Å²) >= 11 is 0. The van der Waals surface area contributed by atoms with Crippen LogP contribution in [-0.4, -0.2) is 34.3 Å². The van der Waals surface area contributed by atoms with E-state index >= 15 is 0 Å². The molecule has 0 bridgehead atoms. The lowest BCUT2D eigenvalue weighted by atomic mass is 9.84. The molecule has 1 amide bonds. The Kier molecular flexibility index (Phi) is 4.71. The van der Waals surface area contributed by atoms with E-state index in [1.165, 1.54) is 4.90 Å². The van der Waals surface area contributed by atoms with Gasteiger partial charge in [0.25, 0.3) is 0 Å². The van der Waals surface area contributed by atoms with E-state index in [1.807, 2.05) is 54.6 Å². The van der Waals surface area contributed by atoms with Crippen LogP contribution in [0.4, 0.5) is 4.79 Å². The molecule has 0 aliphatic carbocycles. The molecule has 1 heterocycles. The molecule has 0 unspecified atom stereocenters. The van der Waals surface area contributed by atoms with Gasteiger partial charge in [-0.2, -0.15) is 0 Å². The molecule has 1 aliphatic rings. The van der Waals surface area contributed by atoms with E-state index in [9.17, 15) is 9.90 Å². The number of nitrogens with zero attached hydrogens (tertiary/aromatic N) is 1. The van der Waals surface area contributed by atoms with Crippen LogP contribution in [0, 0.1) is 0 Å². The lowest BCUT2D eigenvalue weighted by Gasteiger charge is -2.37. The molecule has 24 heavy (non-hydrogen) atoms. The molecule has 0 saturated carbocycles. The molecule has 0 radical (unpaired) electrons.